The Kier molecular flexibility index (Phi) is 4.76. The largest absolute Gasteiger partial charge is 0.396 e. The van der Waals surface area contributed by atoms with Crippen LogP contribution in [0.3, 0.4) is 0 Å². The van der Waals surface area contributed by atoms with Crippen LogP contribution in [0.5, 0.6) is 0 Å². The first-order valence-corrected chi connectivity index (χ1v) is 8.19. The average Bonchev–Trinajstić information content (AvgIpc) is 2.61. The van der Waals surface area contributed by atoms with Gasteiger partial charge in [-0.05, 0) is 37.3 Å². The number of anilines is 2. The monoisotopic (exact) mass is 312 g/mol. The van der Waals surface area contributed by atoms with Crippen LogP contribution >= 0.6 is 0 Å². The van der Waals surface area contributed by atoms with Crippen LogP contribution < -0.4 is 10.6 Å². The van der Waals surface area contributed by atoms with Crippen molar-refractivity contribution in [3.05, 3.63) is 48.2 Å². The van der Waals surface area contributed by atoms with E-state index < -0.39 is 0 Å². The Hall–Kier alpha value is -2.14. The van der Waals surface area contributed by atoms with Gasteiger partial charge in [0.25, 0.3) is 0 Å². The lowest BCUT2D eigenvalue weighted by Gasteiger charge is -2.42. The van der Waals surface area contributed by atoms with Gasteiger partial charge in [0.05, 0.1) is 6.61 Å². The van der Waals surface area contributed by atoms with E-state index in [-0.39, 0.29) is 12.0 Å². The van der Waals surface area contributed by atoms with Gasteiger partial charge in [0.15, 0.2) is 0 Å². The molecule has 1 aromatic heterocycles. The number of hydrogen-bond acceptors (Lipinski definition) is 5. The summed E-state index contributed by atoms with van der Waals surface area (Å²) in [6.07, 6.45) is 5.76. The zero-order valence-corrected chi connectivity index (χ0v) is 13.4. The van der Waals surface area contributed by atoms with E-state index in [1.54, 1.807) is 6.20 Å². The average molecular weight is 312 g/mol. The van der Waals surface area contributed by atoms with Crippen molar-refractivity contribution in [1.29, 1.82) is 0 Å². The van der Waals surface area contributed by atoms with E-state index in [4.69, 9.17) is 5.73 Å². The van der Waals surface area contributed by atoms with Gasteiger partial charge in [0, 0.05) is 24.7 Å². The molecule has 2 aromatic rings. The Morgan fingerprint density at radius 1 is 1.22 bits per heavy atom. The van der Waals surface area contributed by atoms with Crippen LogP contribution in [0.25, 0.3) is 0 Å². The van der Waals surface area contributed by atoms with Crippen molar-refractivity contribution in [3.63, 3.8) is 0 Å². The van der Waals surface area contributed by atoms with Crippen molar-refractivity contribution in [2.75, 3.05) is 30.3 Å². The summed E-state index contributed by atoms with van der Waals surface area (Å²) in [4.78, 5) is 10.5. The molecule has 0 bridgehead atoms. The van der Waals surface area contributed by atoms with Crippen LogP contribution in [-0.2, 0) is 6.42 Å². The van der Waals surface area contributed by atoms with E-state index in [1.165, 1.54) is 5.56 Å². The maximum Gasteiger partial charge on any atom is 0.221 e. The number of aromatic nitrogens is 2. The molecule has 122 valence electrons. The fourth-order valence-electron chi connectivity index (χ4n) is 3.41. The van der Waals surface area contributed by atoms with Crippen molar-refractivity contribution in [2.45, 2.75) is 25.7 Å². The van der Waals surface area contributed by atoms with E-state index in [0.717, 1.165) is 44.6 Å². The molecule has 23 heavy (non-hydrogen) atoms. The standard InChI is InChI=1S/C18H24N4O/c19-17-20-11-8-16(21-17)22-12-4-9-18(13-22,14-23)10-7-15-5-2-1-3-6-15/h1-3,5-6,8,11,23H,4,7,9-10,12-14H2,(H2,19,20,21). The summed E-state index contributed by atoms with van der Waals surface area (Å²) in [5.41, 5.74) is 6.95. The lowest BCUT2D eigenvalue weighted by Crippen LogP contribution is -2.46. The van der Waals surface area contributed by atoms with Crippen LogP contribution in [-0.4, -0.2) is 34.8 Å². The predicted octanol–water partition coefficient (Wildman–Crippen LogP) is 2.27. The Morgan fingerprint density at radius 2 is 2.04 bits per heavy atom. The number of nitrogens with two attached hydrogens (primary N) is 1. The van der Waals surface area contributed by atoms with E-state index in [1.807, 2.05) is 12.1 Å². The Bertz CT molecular complexity index is 634. The molecule has 1 aliphatic rings. The molecule has 5 nitrogen and oxygen atoms in total. The second-order valence-electron chi connectivity index (χ2n) is 6.44. The lowest BCUT2D eigenvalue weighted by atomic mass is 9.76. The second-order valence-corrected chi connectivity index (χ2v) is 6.44. The summed E-state index contributed by atoms with van der Waals surface area (Å²) >= 11 is 0. The molecule has 0 radical (unpaired) electrons. The van der Waals surface area contributed by atoms with E-state index in [0.29, 0.717) is 5.95 Å². The third-order valence-electron chi connectivity index (χ3n) is 4.77. The van der Waals surface area contributed by atoms with Crippen molar-refractivity contribution < 1.29 is 5.11 Å². The molecular weight excluding hydrogens is 288 g/mol. The van der Waals surface area contributed by atoms with Gasteiger partial charge in [0.2, 0.25) is 5.95 Å². The van der Waals surface area contributed by atoms with Crippen molar-refractivity contribution in [3.8, 4) is 0 Å². The fourth-order valence-corrected chi connectivity index (χ4v) is 3.41. The summed E-state index contributed by atoms with van der Waals surface area (Å²) < 4.78 is 0. The number of piperidine rings is 1. The quantitative estimate of drug-likeness (QED) is 0.886. The van der Waals surface area contributed by atoms with Gasteiger partial charge in [-0.15, -0.1) is 0 Å². The van der Waals surface area contributed by atoms with Crippen LogP contribution in [0.1, 0.15) is 24.8 Å². The Labute approximate surface area is 137 Å². The van der Waals surface area contributed by atoms with E-state index >= 15 is 0 Å². The highest BCUT2D eigenvalue weighted by Gasteiger charge is 2.35. The summed E-state index contributed by atoms with van der Waals surface area (Å²) in [5.74, 6) is 1.15. The molecule has 3 rings (SSSR count). The molecule has 1 atom stereocenters. The molecule has 0 aliphatic carbocycles. The maximum absolute atomic E-state index is 10.1. The maximum atomic E-state index is 10.1. The topological polar surface area (TPSA) is 75.3 Å². The van der Waals surface area contributed by atoms with Crippen LogP contribution in [0.4, 0.5) is 11.8 Å². The first kappa shape index (κ1) is 15.7. The molecule has 1 aliphatic heterocycles. The number of nitrogens with zero attached hydrogens (tertiary/aromatic N) is 3. The van der Waals surface area contributed by atoms with Crippen molar-refractivity contribution >= 4 is 11.8 Å². The molecular formula is C18H24N4O. The summed E-state index contributed by atoms with van der Waals surface area (Å²) in [6.45, 7) is 1.97. The summed E-state index contributed by atoms with van der Waals surface area (Å²) in [6, 6.07) is 12.4. The number of aliphatic hydroxyl groups excluding tert-OH is 1. The number of nitrogen functional groups attached to an aromatic ring is 1. The lowest BCUT2D eigenvalue weighted by molar-refractivity contribution is 0.0963. The van der Waals surface area contributed by atoms with Gasteiger partial charge in [-0.2, -0.15) is 4.98 Å². The van der Waals surface area contributed by atoms with Gasteiger partial charge in [-0.1, -0.05) is 30.3 Å². The van der Waals surface area contributed by atoms with Crippen LogP contribution in [0.15, 0.2) is 42.6 Å². The smallest absolute Gasteiger partial charge is 0.221 e. The Balaban J connectivity index is 1.71. The highest BCUT2D eigenvalue weighted by atomic mass is 16.3. The van der Waals surface area contributed by atoms with Gasteiger partial charge in [-0.3, -0.25) is 0 Å². The number of hydrogen-bond donors (Lipinski definition) is 2. The third-order valence-corrected chi connectivity index (χ3v) is 4.77. The number of aliphatic hydroxyl groups is 1. The molecule has 0 amide bonds. The zero-order chi connectivity index (χ0) is 16.1. The molecule has 2 heterocycles. The minimum Gasteiger partial charge on any atom is -0.396 e. The van der Waals surface area contributed by atoms with Crippen LogP contribution in [0, 0.1) is 5.41 Å². The minimum atomic E-state index is -0.0756. The molecule has 0 spiro atoms. The molecule has 3 N–H and O–H groups in total. The molecule has 1 unspecified atom stereocenters. The normalized spacial score (nSPS) is 21.3. The molecule has 1 aromatic carbocycles. The van der Waals surface area contributed by atoms with Crippen molar-refractivity contribution in [1.82, 2.24) is 9.97 Å². The van der Waals surface area contributed by atoms with Gasteiger partial charge < -0.3 is 15.7 Å². The molecule has 1 fully saturated rings. The zero-order valence-electron chi connectivity index (χ0n) is 13.4. The minimum absolute atomic E-state index is 0.0756. The molecule has 0 saturated carbocycles. The highest BCUT2D eigenvalue weighted by Crippen LogP contribution is 2.35. The molecule has 1 saturated heterocycles. The number of rotatable bonds is 5. The summed E-state index contributed by atoms with van der Waals surface area (Å²) in [5, 5.41) is 10.1. The predicted molar refractivity (Wildman–Crippen MR) is 92.2 cm³/mol. The van der Waals surface area contributed by atoms with E-state index in [2.05, 4.69) is 39.1 Å². The Morgan fingerprint density at radius 3 is 2.78 bits per heavy atom. The molecule has 5 heteroatoms. The first-order valence-electron chi connectivity index (χ1n) is 8.19. The van der Waals surface area contributed by atoms with Gasteiger partial charge >= 0.3 is 0 Å². The SMILES string of the molecule is Nc1nccc(N2CCCC(CO)(CCc3ccccc3)C2)n1. The van der Waals surface area contributed by atoms with Crippen LogP contribution in [0.2, 0.25) is 0 Å². The van der Waals surface area contributed by atoms with Crippen molar-refractivity contribution in [2.24, 2.45) is 5.41 Å². The number of benzene rings is 1. The fraction of sp³-hybridized carbons (Fsp3) is 0.444. The first-order chi connectivity index (χ1) is 11.2. The third kappa shape index (κ3) is 3.79. The highest BCUT2D eigenvalue weighted by molar-refractivity contribution is 5.41. The second kappa shape index (κ2) is 6.96. The number of aryl methyl sites for hydroxylation is 1. The van der Waals surface area contributed by atoms with Gasteiger partial charge in [-0.25, -0.2) is 4.98 Å². The summed E-state index contributed by atoms with van der Waals surface area (Å²) in [7, 11) is 0. The van der Waals surface area contributed by atoms with E-state index in [9.17, 15) is 5.11 Å². The van der Waals surface area contributed by atoms with Gasteiger partial charge in [0.1, 0.15) is 5.82 Å².